The molecule has 0 aliphatic rings. The highest BCUT2D eigenvalue weighted by Crippen LogP contribution is 2.12. The number of nitrogens with zero attached hydrogens (tertiary/aromatic N) is 1. The van der Waals surface area contributed by atoms with Crippen molar-refractivity contribution >= 4 is 15.9 Å². The lowest BCUT2D eigenvalue weighted by molar-refractivity contribution is 0.309. The highest BCUT2D eigenvalue weighted by molar-refractivity contribution is 9.10. The summed E-state index contributed by atoms with van der Waals surface area (Å²) in [6.45, 7) is 0.651. The Labute approximate surface area is 103 Å². The van der Waals surface area contributed by atoms with Gasteiger partial charge in [-0.15, -0.1) is 0 Å². The van der Waals surface area contributed by atoms with Gasteiger partial charge in [0.1, 0.15) is 0 Å². The predicted molar refractivity (Wildman–Crippen MR) is 67.6 cm³/mol. The molecule has 2 rings (SSSR count). The Morgan fingerprint density at radius 3 is 2.56 bits per heavy atom. The molecule has 2 nitrogen and oxygen atoms in total. The summed E-state index contributed by atoms with van der Waals surface area (Å²) in [6, 6.07) is 14.1. The minimum Gasteiger partial charge on any atom is -0.477 e. The number of hydrogen-bond donors (Lipinski definition) is 0. The molecule has 1 aromatic heterocycles. The Bertz CT molecular complexity index is 427. The Balaban J connectivity index is 1.82. The summed E-state index contributed by atoms with van der Waals surface area (Å²) < 4.78 is 6.49. The SMILES string of the molecule is Brc1ccc(OCCc2ccccc2)nc1. The van der Waals surface area contributed by atoms with E-state index in [1.807, 2.05) is 30.3 Å². The van der Waals surface area contributed by atoms with Crippen LogP contribution in [0.3, 0.4) is 0 Å². The van der Waals surface area contributed by atoms with Gasteiger partial charge in [-0.1, -0.05) is 30.3 Å². The number of pyridine rings is 1. The van der Waals surface area contributed by atoms with E-state index < -0.39 is 0 Å². The summed E-state index contributed by atoms with van der Waals surface area (Å²) in [6.07, 6.45) is 2.64. The second kappa shape index (κ2) is 5.66. The van der Waals surface area contributed by atoms with Crippen molar-refractivity contribution in [1.82, 2.24) is 4.98 Å². The first-order valence-electron chi connectivity index (χ1n) is 5.13. The van der Waals surface area contributed by atoms with Crippen LogP contribution in [0.1, 0.15) is 5.56 Å². The third-order valence-electron chi connectivity index (χ3n) is 2.18. The molecule has 0 saturated heterocycles. The molecular weight excluding hydrogens is 266 g/mol. The first-order chi connectivity index (χ1) is 7.84. The molecule has 0 spiro atoms. The molecule has 0 bridgehead atoms. The molecule has 1 heterocycles. The van der Waals surface area contributed by atoms with E-state index in [0.717, 1.165) is 10.9 Å². The molecule has 0 unspecified atom stereocenters. The molecule has 1 aromatic carbocycles. The predicted octanol–water partition coefficient (Wildman–Crippen LogP) is 3.47. The van der Waals surface area contributed by atoms with Crippen LogP contribution >= 0.6 is 15.9 Å². The topological polar surface area (TPSA) is 22.1 Å². The van der Waals surface area contributed by atoms with Crippen molar-refractivity contribution in [2.24, 2.45) is 0 Å². The Kier molecular flexibility index (Phi) is 3.94. The van der Waals surface area contributed by atoms with E-state index in [0.29, 0.717) is 12.5 Å². The van der Waals surface area contributed by atoms with Crippen LogP contribution in [0.15, 0.2) is 53.1 Å². The van der Waals surface area contributed by atoms with E-state index in [4.69, 9.17) is 4.74 Å². The lowest BCUT2D eigenvalue weighted by atomic mass is 10.2. The maximum Gasteiger partial charge on any atom is 0.213 e. The second-order valence-electron chi connectivity index (χ2n) is 3.40. The van der Waals surface area contributed by atoms with Gasteiger partial charge < -0.3 is 4.74 Å². The van der Waals surface area contributed by atoms with Crippen molar-refractivity contribution < 1.29 is 4.74 Å². The molecule has 16 heavy (non-hydrogen) atoms. The van der Waals surface area contributed by atoms with E-state index in [-0.39, 0.29) is 0 Å². The first kappa shape index (κ1) is 11.1. The zero-order valence-corrected chi connectivity index (χ0v) is 10.4. The molecule has 0 amide bonds. The van der Waals surface area contributed by atoms with Gasteiger partial charge in [-0.25, -0.2) is 4.98 Å². The molecule has 0 fully saturated rings. The Hall–Kier alpha value is -1.35. The van der Waals surface area contributed by atoms with Crippen molar-refractivity contribution in [3.8, 4) is 5.88 Å². The molecule has 0 aliphatic carbocycles. The molecule has 0 N–H and O–H groups in total. The number of hydrogen-bond acceptors (Lipinski definition) is 2. The maximum absolute atomic E-state index is 5.53. The third kappa shape index (κ3) is 3.35. The van der Waals surface area contributed by atoms with Crippen molar-refractivity contribution in [3.05, 3.63) is 58.7 Å². The van der Waals surface area contributed by atoms with E-state index in [1.165, 1.54) is 5.56 Å². The first-order valence-corrected chi connectivity index (χ1v) is 5.92. The fourth-order valence-electron chi connectivity index (χ4n) is 1.37. The standard InChI is InChI=1S/C13H12BrNO/c14-12-6-7-13(15-10-12)16-9-8-11-4-2-1-3-5-11/h1-7,10H,8-9H2. The van der Waals surface area contributed by atoms with Crippen molar-refractivity contribution in [2.75, 3.05) is 6.61 Å². The van der Waals surface area contributed by atoms with E-state index in [9.17, 15) is 0 Å². The highest BCUT2D eigenvalue weighted by atomic mass is 79.9. The lowest BCUT2D eigenvalue weighted by Gasteiger charge is -2.04. The Morgan fingerprint density at radius 1 is 1.06 bits per heavy atom. The van der Waals surface area contributed by atoms with Gasteiger partial charge in [-0.2, -0.15) is 0 Å². The summed E-state index contributed by atoms with van der Waals surface area (Å²) in [5, 5.41) is 0. The molecule has 0 aliphatic heterocycles. The number of ether oxygens (including phenoxy) is 1. The van der Waals surface area contributed by atoms with Crippen molar-refractivity contribution in [1.29, 1.82) is 0 Å². The zero-order valence-electron chi connectivity index (χ0n) is 8.77. The molecule has 82 valence electrons. The van der Waals surface area contributed by atoms with Crippen LogP contribution in [-0.4, -0.2) is 11.6 Å². The lowest BCUT2D eigenvalue weighted by Crippen LogP contribution is -2.02. The molecule has 0 radical (unpaired) electrons. The van der Waals surface area contributed by atoms with E-state index >= 15 is 0 Å². The smallest absolute Gasteiger partial charge is 0.213 e. The van der Waals surface area contributed by atoms with E-state index in [1.54, 1.807) is 6.20 Å². The van der Waals surface area contributed by atoms with Crippen LogP contribution in [0.4, 0.5) is 0 Å². The Morgan fingerprint density at radius 2 is 1.88 bits per heavy atom. The van der Waals surface area contributed by atoms with Gasteiger partial charge in [0, 0.05) is 23.2 Å². The monoisotopic (exact) mass is 277 g/mol. The number of benzene rings is 1. The number of aromatic nitrogens is 1. The average molecular weight is 278 g/mol. The number of rotatable bonds is 4. The molecule has 2 aromatic rings. The average Bonchev–Trinajstić information content (AvgIpc) is 2.33. The van der Waals surface area contributed by atoms with E-state index in [2.05, 4.69) is 33.0 Å². The summed E-state index contributed by atoms with van der Waals surface area (Å²) in [4.78, 5) is 4.14. The summed E-state index contributed by atoms with van der Waals surface area (Å²) in [5.74, 6) is 0.666. The van der Waals surface area contributed by atoms with Gasteiger partial charge in [0.15, 0.2) is 0 Å². The molecule has 0 atom stereocenters. The highest BCUT2D eigenvalue weighted by Gasteiger charge is 1.96. The summed E-state index contributed by atoms with van der Waals surface area (Å²) >= 11 is 3.33. The number of halogens is 1. The maximum atomic E-state index is 5.53. The molecule has 3 heteroatoms. The van der Waals surface area contributed by atoms with Crippen LogP contribution in [0.2, 0.25) is 0 Å². The second-order valence-corrected chi connectivity index (χ2v) is 4.31. The van der Waals surface area contributed by atoms with Crippen LogP contribution in [0.5, 0.6) is 5.88 Å². The minimum atomic E-state index is 0.651. The molecular formula is C13H12BrNO. The van der Waals surface area contributed by atoms with Gasteiger partial charge in [0.25, 0.3) is 0 Å². The normalized spacial score (nSPS) is 10.1. The van der Waals surface area contributed by atoms with Gasteiger partial charge in [-0.3, -0.25) is 0 Å². The van der Waals surface area contributed by atoms with Crippen LogP contribution in [-0.2, 0) is 6.42 Å². The van der Waals surface area contributed by atoms with Crippen LogP contribution in [0, 0.1) is 0 Å². The van der Waals surface area contributed by atoms with Crippen LogP contribution < -0.4 is 4.74 Å². The van der Waals surface area contributed by atoms with Crippen LogP contribution in [0.25, 0.3) is 0 Å². The third-order valence-corrected chi connectivity index (χ3v) is 2.65. The summed E-state index contributed by atoms with van der Waals surface area (Å²) in [5.41, 5.74) is 1.28. The van der Waals surface area contributed by atoms with Gasteiger partial charge in [0.05, 0.1) is 6.61 Å². The van der Waals surface area contributed by atoms with Gasteiger partial charge in [0.2, 0.25) is 5.88 Å². The minimum absolute atomic E-state index is 0.651. The van der Waals surface area contributed by atoms with Crippen molar-refractivity contribution in [3.63, 3.8) is 0 Å². The van der Waals surface area contributed by atoms with Gasteiger partial charge in [-0.05, 0) is 27.6 Å². The summed E-state index contributed by atoms with van der Waals surface area (Å²) in [7, 11) is 0. The largest absolute Gasteiger partial charge is 0.477 e. The molecule has 0 saturated carbocycles. The van der Waals surface area contributed by atoms with Crippen molar-refractivity contribution in [2.45, 2.75) is 6.42 Å². The zero-order chi connectivity index (χ0) is 11.2. The fourth-order valence-corrected chi connectivity index (χ4v) is 1.60. The quantitative estimate of drug-likeness (QED) is 0.854. The fraction of sp³-hybridized carbons (Fsp3) is 0.154. The van der Waals surface area contributed by atoms with Gasteiger partial charge >= 0.3 is 0 Å².